The maximum Gasteiger partial charge on any atom is 0.247 e. The molecule has 0 radical (unpaired) electrons. The highest BCUT2D eigenvalue weighted by molar-refractivity contribution is 5.76. The molecule has 3 aromatic rings. The summed E-state index contributed by atoms with van der Waals surface area (Å²) in [6.45, 7) is 3.92. The van der Waals surface area contributed by atoms with E-state index in [1.165, 1.54) is 12.1 Å². The first-order valence-corrected chi connectivity index (χ1v) is 8.84. The third kappa shape index (κ3) is 4.58. The van der Waals surface area contributed by atoms with Crippen LogP contribution in [-0.4, -0.2) is 28.1 Å². The molecule has 2 aromatic carbocycles. The Morgan fingerprint density at radius 2 is 1.78 bits per heavy atom. The van der Waals surface area contributed by atoms with Crippen LogP contribution in [0.1, 0.15) is 36.4 Å². The number of halogens is 1. The van der Waals surface area contributed by atoms with Gasteiger partial charge in [-0.1, -0.05) is 29.8 Å². The van der Waals surface area contributed by atoms with Crippen LogP contribution in [0.3, 0.4) is 0 Å². The van der Waals surface area contributed by atoms with Crippen molar-refractivity contribution < 1.29 is 13.6 Å². The van der Waals surface area contributed by atoms with Crippen LogP contribution < -0.4 is 0 Å². The summed E-state index contributed by atoms with van der Waals surface area (Å²) in [7, 11) is 1.74. The van der Waals surface area contributed by atoms with Crippen molar-refractivity contribution in [1.29, 1.82) is 0 Å². The standard InChI is InChI=1S/C21H22FN3O2/c1-14-4-6-17(7-5-14)21-24-23-19(27-21)12-13-20(26)25(3)15(2)16-8-10-18(22)11-9-16/h4-11,15H,12-13H2,1-3H3. The fourth-order valence-electron chi connectivity index (χ4n) is 2.74. The Bertz CT molecular complexity index is 904. The Morgan fingerprint density at radius 3 is 2.44 bits per heavy atom. The van der Waals surface area contributed by atoms with Crippen molar-refractivity contribution in [2.24, 2.45) is 0 Å². The minimum atomic E-state index is -0.291. The topological polar surface area (TPSA) is 59.2 Å². The predicted octanol–water partition coefficient (Wildman–Crippen LogP) is 4.34. The van der Waals surface area contributed by atoms with E-state index in [1.807, 2.05) is 38.1 Å². The molecule has 1 unspecified atom stereocenters. The second-order valence-electron chi connectivity index (χ2n) is 6.60. The molecular formula is C21H22FN3O2. The summed E-state index contributed by atoms with van der Waals surface area (Å²) >= 11 is 0. The van der Waals surface area contributed by atoms with Crippen molar-refractivity contribution in [2.45, 2.75) is 32.7 Å². The van der Waals surface area contributed by atoms with Gasteiger partial charge in [-0.15, -0.1) is 10.2 Å². The van der Waals surface area contributed by atoms with Crippen LogP contribution in [0.2, 0.25) is 0 Å². The molecular weight excluding hydrogens is 345 g/mol. The van der Waals surface area contributed by atoms with Crippen molar-refractivity contribution in [3.63, 3.8) is 0 Å². The van der Waals surface area contributed by atoms with Gasteiger partial charge in [0.1, 0.15) is 5.82 Å². The Morgan fingerprint density at radius 1 is 1.11 bits per heavy atom. The fourth-order valence-corrected chi connectivity index (χ4v) is 2.74. The molecule has 6 heteroatoms. The van der Waals surface area contributed by atoms with Crippen molar-refractivity contribution >= 4 is 5.91 Å². The summed E-state index contributed by atoms with van der Waals surface area (Å²) in [4.78, 5) is 14.1. The van der Waals surface area contributed by atoms with Gasteiger partial charge in [0.05, 0.1) is 6.04 Å². The largest absolute Gasteiger partial charge is 0.421 e. The predicted molar refractivity (Wildman–Crippen MR) is 100 cm³/mol. The molecule has 0 aliphatic heterocycles. The molecule has 3 rings (SSSR count). The molecule has 140 valence electrons. The summed E-state index contributed by atoms with van der Waals surface area (Å²) in [5.41, 5.74) is 2.89. The van der Waals surface area contributed by atoms with E-state index in [0.29, 0.717) is 18.2 Å². The number of carbonyl (C=O) groups excluding carboxylic acids is 1. The normalized spacial score (nSPS) is 12.0. The first-order chi connectivity index (χ1) is 12.9. The lowest BCUT2D eigenvalue weighted by atomic mass is 10.1. The smallest absolute Gasteiger partial charge is 0.247 e. The SMILES string of the molecule is Cc1ccc(-c2nnc(CCC(=O)N(C)C(C)c3ccc(F)cc3)o2)cc1. The molecule has 1 amide bonds. The Labute approximate surface area is 157 Å². The van der Waals surface area contributed by atoms with E-state index in [0.717, 1.165) is 16.7 Å². The zero-order chi connectivity index (χ0) is 19.4. The molecule has 0 fully saturated rings. The molecule has 0 spiro atoms. The second-order valence-corrected chi connectivity index (χ2v) is 6.60. The highest BCUT2D eigenvalue weighted by Gasteiger charge is 2.18. The van der Waals surface area contributed by atoms with E-state index in [1.54, 1.807) is 24.1 Å². The maximum atomic E-state index is 13.1. The quantitative estimate of drug-likeness (QED) is 0.650. The molecule has 0 N–H and O–H groups in total. The van der Waals surface area contributed by atoms with Gasteiger partial charge in [0, 0.05) is 25.5 Å². The molecule has 0 saturated heterocycles. The molecule has 0 aliphatic rings. The second kappa shape index (κ2) is 8.12. The zero-order valence-corrected chi connectivity index (χ0v) is 15.6. The highest BCUT2D eigenvalue weighted by Crippen LogP contribution is 2.21. The van der Waals surface area contributed by atoms with Gasteiger partial charge in [0.25, 0.3) is 0 Å². The molecule has 0 bridgehead atoms. The lowest BCUT2D eigenvalue weighted by Crippen LogP contribution is -2.29. The van der Waals surface area contributed by atoms with Gasteiger partial charge in [0.15, 0.2) is 0 Å². The zero-order valence-electron chi connectivity index (χ0n) is 15.6. The number of amides is 1. The molecule has 1 aromatic heterocycles. The van der Waals surface area contributed by atoms with Crippen molar-refractivity contribution in [1.82, 2.24) is 15.1 Å². The number of benzene rings is 2. The van der Waals surface area contributed by atoms with Crippen LogP contribution >= 0.6 is 0 Å². The van der Waals surface area contributed by atoms with Gasteiger partial charge in [0.2, 0.25) is 17.7 Å². The van der Waals surface area contributed by atoms with Gasteiger partial charge in [-0.25, -0.2) is 4.39 Å². The Balaban J connectivity index is 1.58. The molecule has 5 nitrogen and oxygen atoms in total. The van der Waals surface area contributed by atoms with E-state index < -0.39 is 0 Å². The summed E-state index contributed by atoms with van der Waals surface area (Å²) in [6.07, 6.45) is 0.635. The fraction of sp³-hybridized carbons (Fsp3) is 0.286. The van der Waals surface area contributed by atoms with Gasteiger partial charge >= 0.3 is 0 Å². The van der Waals surface area contributed by atoms with Gasteiger partial charge in [-0.2, -0.15) is 0 Å². The van der Waals surface area contributed by atoms with Gasteiger partial charge < -0.3 is 9.32 Å². The summed E-state index contributed by atoms with van der Waals surface area (Å²) < 4.78 is 18.7. The van der Waals surface area contributed by atoms with Crippen molar-refractivity contribution in [2.75, 3.05) is 7.05 Å². The number of aromatic nitrogens is 2. The van der Waals surface area contributed by atoms with Crippen LogP contribution in [0, 0.1) is 12.7 Å². The van der Waals surface area contributed by atoms with E-state index in [4.69, 9.17) is 4.42 Å². The Hall–Kier alpha value is -3.02. The molecule has 27 heavy (non-hydrogen) atoms. The molecule has 0 saturated carbocycles. The highest BCUT2D eigenvalue weighted by atomic mass is 19.1. The average Bonchev–Trinajstić information content (AvgIpc) is 3.15. The summed E-state index contributed by atoms with van der Waals surface area (Å²) in [5, 5.41) is 8.08. The van der Waals surface area contributed by atoms with Crippen molar-refractivity contribution in [3.05, 3.63) is 71.4 Å². The van der Waals surface area contributed by atoms with E-state index in [9.17, 15) is 9.18 Å². The number of hydrogen-bond acceptors (Lipinski definition) is 4. The van der Waals surface area contributed by atoms with E-state index in [-0.39, 0.29) is 24.2 Å². The monoisotopic (exact) mass is 367 g/mol. The number of aryl methyl sites for hydroxylation is 2. The number of carbonyl (C=O) groups is 1. The number of hydrogen-bond donors (Lipinski definition) is 0. The van der Waals surface area contributed by atoms with Crippen LogP contribution in [-0.2, 0) is 11.2 Å². The summed E-state index contributed by atoms with van der Waals surface area (Å²) in [5.74, 6) is 0.551. The van der Waals surface area contributed by atoms with Gasteiger partial charge in [-0.05, 0) is 43.7 Å². The summed E-state index contributed by atoms with van der Waals surface area (Å²) in [6, 6.07) is 13.8. The maximum absolute atomic E-state index is 13.1. The number of rotatable bonds is 6. The minimum absolute atomic E-state index is 0.0399. The van der Waals surface area contributed by atoms with Crippen LogP contribution in [0.5, 0.6) is 0 Å². The third-order valence-corrected chi connectivity index (χ3v) is 4.64. The van der Waals surface area contributed by atoms with Gasteiger partial charge in [-0.3, -0.25) is 4.79 Å². The lowest BCUT2D eigenvalue weighted by molar-refractivity contribution is -0.131. The van der Waals surface area contributed by atoms with Crippen LogP contribution in [0.15, 0.2) is 52.9 Å². The first kappa shape index (κ1) is 18.8. The van der Waals surface area contributed by atoms with Crippen LogP contribution in [0.4, 0.5) is 4.39 Å². The van der Waals surface area contributed by atoms with Crippen molar-refractivity contribution in [3.8, 4) is 11.5 Å². The van der Waals surface area contributed by atoms with E-state index >= 15 is 0 Å². The molecule has 1 atom stereocenters. The third-order valence-electron chi connectivity index (χ3n) is 4.64. The average molecular weight is 367 g/mol. The van der Waals surface area contributed by atoms with E-state index in [2.05, 4.69) is 10.2 Å². The molecule has 1 heterocycles. The number of nitrogens with zero attached hydrogens (tertiary/aromatic N) is 3. The Kier molecular flexibility index (Phi) is 5.64. The molecule has 0 aliphatic carbocycles. The first-order valence-electron chi connectivity index (χ1n) is 8.84. The minimum Gasteiger partial charge on any atom is -0.421 e. The lowest BCUT2D eigenvalue weighted by Gasteiger charge is -2.25. The van der Waals surface area contributed by atoms with Crippen LogP contribution in [0.25, 0.3) is 11.5 Å².